The topological polar surface area (TPSA) is 74.6 Å². The Balaban J connectivity index is 2.23. The Bertz CT molecular complexity index is 690. The zero-order valence-electron chi connectivity index (χ0n) is 12.6. The maximum Gasteiger partial charge on any atom is 0.332 e. The fourth-order valence-electron chi connectivity index (χ4n) is 2.41. The van der Waals surface area contributed by atoms with Gasteiger partial charge in [-0.05, 0) is 30.0 Å². The SMILES string of the molecule is O=C(O)C(=Cc1ccccc1)C(CCc1ccccc1)C(=O)O. The molecule has 0 saturated carbocycles. The average molecular weight is 310 g/mol. The van der Waals surface area contributed by atoms with Crippen molar-refractivity contribution in [1.82, 2.24) is 0 Å². The molecule has 0 saturated heterocycles. The molecule has 118 valence electrons. The number of carbonyl (C=O) groups is 2. The molecule has 4 heteroatoms. The summed E-state index contributed by atoms with van der Waals surface area (Å²) in [6.07, 6.45) is 2.19. The van der Waals surface area contributed by atoms with Crippen LogP contribution in [0.25, 0.3) is 6.08 Å². The molecule has 0 aliphatic heterocycles. The van der Waals surface area contributed by atoms with E-state index in [1.807, 2.05) is 36.4 Å². The Kier molecular flexibility index (Phi) is 5.69. The van der Waals surface area contributed by atoms with E-state index in [4.69, 9.17) is 0 Å². The van der Waals surface area contributed by atoms with Crippen LogP contribution in [-0.2, 0) is 16.0 Å². The van der Waals surface area contributed by atoms with Crippen LogP contribution in [-0.4, -0.2) is 22.2 Å². The highest BCUT2D eigenvalue weighted by molar-refractivity contribution is 5.98. The molecule has 0 aliphatic carbocycles. The lowest BCUT2D eigenvalue weighted by Gasteiger charge is -2.13. The van der Waals surface area contributed by atoms with Gasteiger partial charge >= 0.3 is 11.9 Å². The van der Waals surface area contributed by atoms with Crippen molar-refractivity contribution in [3.8, 4) is 0 Å². The standard InChI is InChI=1S/C19H18O4/c20-18(21)16(12-11-14-7-3-1-4-8-14)17(19(22)23)13-15-9-5-2-6-10-15/h1-10,13,16H,11-12H2,(H,20,21)(H,22,23). The van der Waals surface area contributed by atoms with Gasteiger partial charge in [0.15, 0.2) is 0 Å². The van der Waals surface area contributed by atoms with Crippen LogP contribution in [0.1, 0.15) is 17.5 Å². The van der Waals surface area contributed by atoms with E-state index < -0.39 is 17.9 Å². The molecule has 23 heavy (non-hydrogen) atoms. The van der Waals surface area contributed by atoms with Crippen molar-refractivity contribution >= 4 is 18.0 Å². The van der Waals surface area contributed by atoms with Gasteiger partial charge in [-0.1, -0.05) is 60.7 Å². The van der Waals surface area contributed by atoms with Gasteiger partial charge in [0.1, 0.15) is 0 Å². The van der Waals surface area contributed by atoms with Gasteiger partial charge in [0, 0.05) is 0 Å². The zero-order chi connectivity index (χ0) is 16.7. The van der Waals surface area contributed by atoms with Gasteiger partial charge in [0.05, 0.1) is 11.5 Å². The summed E-state index contributed by atoms with van der Waals surface area (Å²) in [5.41, 5.74) is 1.57. The second kappa shape index (κ2) is 7.94. The highest BCUT2D eigenvalue weighted by Crippen LogP contribution is 2.22. The summed E-state index contributed by atoms with van der Waals surface area (Å²) in [5, 5.41) is 18.9. The molecule has 2 aromatic rings. The van der Waals surface area contributed by atoms with E-state index in [-0.39, 0.29) is 12.0 Å². The highest BCUT2D eigenvalue weighted by Gasteiger charge is 2.27. The second-order valence-electron chi connectivity index (χ2n) is 5.23. The van der Waals surface area contributed by atoms with Gasteiger partial charge in [0.2, 0.25) is 0 Å². The van der Waals surface area contributed by atoms with Crippen molar-refractivity contribution in [3.05, 3.63) is 77.4 Å². The van der Waals surface area contributed by atoms with Crippen LogP contribution in [0.15, 0.2) is 66.2 Å². The van der Waals surface area contributed by atoms with E-state index in [1.165, 1.54) is 6.08 Å². The molecule has 0 bridgehead atoms. The lowest BCUT2D eigenvalue weighted by molar-refractivity contribution is -0.143. The predicted molar refractivity (Wildman–Crippen MR) is 87.9 cm³/mol. The molecule has 2 rings (SSSR count). The zero-order valence-corrected chi connectivity index (χ0v) is 12.6. The fourth-order valence-corrected chi connectivity index (χ4v) is 2.41. The molecule has 0 aliphatic rings. The number of aryl methyl sites for hydroxylation is 1. The Morgan fingerprint density at radius 3 is 2.00 bits per heavy atom. The van der Waals surface area contributed by atoms with Crippen LogP contribution in [0.2, 0.25) is 0 Å². The highest BCUT2D eigenvalue weighted by atomic mass is 16.4. The molecule has 0 spiro atoms. The lowest BCUT2D eigenvalue weighted by atomic mass is 9.90. The van der Waals surface area contributed by atoms with Gasteiger partial charge < -0.3 is 10.2 Å². The largest absolute Gasteiger partial charge is 0.481 e. The van der Waals surface area contributed by atoms with Crippen molar-refractivity contribution in [2.24, 2.45) is 5.92 Å². The van der Waals surface area contributed by atoms with Crippen LogP contribution < -0.4 is 0 Å². The molecule has 0 fully saturated rings. The predicted octanol–water partition coefficient (Wildman–Crippen LogP) is 3.49. The second-order valence-corrected chi connectivity index (χ2v) is 5.23. The van der Waals surface area contributed by atoms with Crippen LogP contribution in [0.4, 0.5) is 0 Å². The Morgan fingerprint density at radius 2 is 1.48 bits per heavy atom. The summed E-state index contributed by atoms with van der Waals surface area (Å²) in [6.45, 7) is 0. The van der Waals surface area contributed by atoms with Gasteiger partial charge in [-0.15, -0.1) is 0 Å². The Labute approximate surface area is 134 Å². The van der Waals surface area contributed by atoms with Crippen molar-refractivity contribution in [2.45, 2.75) is 12.8 Å². The first-order valence-electron chi connectivity index (χ1n) is 7.34. The van der Waals surface area contributed by atoms with Crippen molar-refractivity contribution in [3.63, 3.8) is 0 Å². The summed E-state index contributed by atoms with van der Waals surface area (Å²) in [4.78, 5) is 23.1. The smallest absolute Gasteiger partial charge is 0.332 e. The van der Waals surface area contributed by atoms with Crippen LogP contribution in [0.3, 0.4) is 0 Å². The molecular weight excluding hydrogens is 292 g/mol. The summed E-state index contributed by atoms with van der Waals surface area (Å²) in [7, 11) is 0. The third-order valence-corrected chi connectivity index (χ3v) is 3.61. The minimum atomic E-state index is -1.20. The van der Waals surface area contributed by atoms with Crippen LogP contribution >= 0.6 is 0 Å². The van der Waals surface area contributed by atoms with E-state index in [1.54, 1.807) is 24.3 Å². The average Bonchev–Trinajstić information content (AvgIpc) is 2.55. The Hall–Kier alpha value is -2.88. The molecule has 0 radical (unpaired) electrons. The Morgan fingerprint density at radius 1 is 0.913 bits per heavy atom. The normalized spacial score (nSPS) is 12.6. The van der Waals surface area contributed by atoms with E-state index in [9.17, 15) is 19.8 Å². The molecule has 4 nitrogen and oxygen atoms in total. The van der Waals surface area contributed by atoms with E-state index in [0.717, 1.165) is 5.56 Å². The summed E-state index contributed by atoms with van der Waals surface area (Å²) in [5.74, 6) is -3.37. The minimum Gasteiger partial charge on any atom is -0.481 e. The van der Waals surface area contributed by atoms with E-state index in [2.05, 4.69) is 0 Å². The summed E-state index contributed by atoms with van der Waals surface area (Å²) < 4.78 is 0. The fraction of sp³-hybridized carbons (Fsp3) is 0.158. The van der Waals surface area contributed by atoms with Crippen LogP contribution in [0, 0.1) is 5.92 Å². The van der Waals surface area contributed by atoms with Crippen molar-refractivity contribution in [2.75, 3.05) is 0 Å². The van der Waals surface area contributed by atoms with E-state index in [0.29, 0.717) is 12.0 Å². The van der Waals surface area contributed by atoms with Gasteiger partial charge in [-0.2, -0.15) is 0 Å². The minimum absolute atomic E-state index is 0.0976. The molecule has 0 amide bonds. The molecule has 2 N–H and O–H groups in total. The number of aliphatic carboxylic acids is 2. The third-order valence-electron chi connectivity index (χ3n) is 3.61. The number of benzene rings is 2. The van der Waals surface area contributed by atoms with Gasteiger partial charge in [0.25, 0.3) is 0 Å². The number of carboxylic acid groups (broad SMARTS) is 2. The van der Waals surface area contributed by atoms with Crippen molar-refractivity contribution in [1.29, 1.82) is 0 Å². The first-order chi connectivity index (χ1) is 11.1. The first kappa shape index (κ1) is 16.5. The maximum absolute atomic E-state index is 11.6. The van der Waals surface area contributed by atoms with Gasteiger partial charge in [-0.3, -0.25) is 4.79 Å². The number of carboxylic acids is 2. The van der Waals surface area contributed by atoms with E-state index >= 15 is 0 Å². The molecular formula is C19H18O4. The first-order valence-corrected chi connectivity index (χ1v) is 7.34. The molecule has 0 heterocycles. The van der Waals surface area contributed by atoms with Crippen molar-refractivity contribution < 1.29 is 19.8 Å². The molecule has 1 atom stereocenters. The molecule has 0 aromatic heterocycles. The third kappa shape index (κ3) is 4.81. The number of hydrogen-bond acceptors (Lipinski definition) is 2. The number of hydrogen-bond donors (Lipinski definition) is 2. The lowest BCUT2D eigenvalue weighted by Crippen LogP contribution is -2.22. The quantitative estimate of drug-likeness (QED) is 0.768. The monoisotopic (exact) mass is 310 g/mol. The molecule has 1 unspecified atom stereocenters. The van der Waals surface area contributed by atoms with Gasteiger partial charge in [-0.25, -0.2) is 4.79 Å². The molecule has 2 aromatic carbocycles. The summed E-state index contributed by atoms with van der Waals surface area (Å²) >= 11 is 0. The number of rotatable bonds is 7. The maximum atomic E-state index is 11.6. The summed E-state index contributed by atoms with van der Waals surface area (Å²) in [6, 6.07) is 18.3. The van der Waals surface area contributed by atoms with Crippen LogP contribution in [0.5, 0.6) is 0 Å².